The lowest BCUT2D eigenvalue weighted by atomic mass is 10.0. The van der Waals surface area contributed by atoms with Crippen LogP contribution in [0, 0.1) is 0 Å². The van der Waals surface area contributed by atoms with Crippen molar-refractivity contribution in [1.29, 1.82) is 0 Å². The molecule has 1 heteroatoms. The fourth-order valence-electron chi connectivity index (χ4n) is 2.75. The summed E-state index contributed by atoms with van der Waals surface area (Å²) in [4.78, 5) is 0. The average Bonchev–Trinajstić information content (AvgIpc) is 2.56. The molecule has 0 spiro atoms. The molecule has 0 fully saturated rings. The van der Waals surface area contributed by atoms with Gasteiger partial charge in [-0.05, 0) is 45.7 Å². The molecular formula is C22H45N. The lowest BCUT2D eigenvalue weighted by molar-refractivity contribution is 0.533. The molecule has 0 rings (SSSR count). The predicted molar refractivity (Wildman–Crippen MR) is 109 cm³/mol. The van der Waals surface area contributed by atoms with Crippen LogP contribution in [0.3, 0.4) is 0 Å². The molecule has 0 aromatic heterocycles. The van der Waals surface area contributed by atoms with Crippen LogP contribution in [0.1, 0.15) is 104 Å². The van der Waals surface area contributed by atoms with Gasteiger partial charge in [0.1, 0.15) is 0 Å². The van der Waals surface area contributed by atoms with Crippen molar-refractivity contribution in [3.63, 3.8) is 0 Å². The van der Waals surface area contributed by atoms with Crippen molar-refractivity contribution in [2.24, 2.45) is 0 Å². The molecule has 0 saturated heterocycles. The van der Waals surface area contributed by atoms with Crippen LogP contribution in [0.25, 0.3) is 0 Å². The fraction of sp³-hybridized carbons (Fsp3) is 0.818. The summed E-state index contributed by atoms with van der Waals surface area (Å²) in [5, 5.41) is 3.48. The summed E-state index contributed by atoms with van der Waals surface area (Å²) < 4.78 is 0. The molecule has 23 heavy (non-hydrogen) atoms. The predicted octanol–water partition coefficient (Wildman–Crippen LogP) is 7.44. The van der Waals surface area contributed by atoms with Gasteiger partial charge >= 0.3 is 0 Å². The number of allylic oxidation sites excluding steroid dienone is 1. The summed E-state index contributed by atoms with van der Waals surface area (Å²) in [5.74, 6) is 0. The minimum atomic E-state index is 1.19. The first-order valence-corrected chi connectivity index (χ1v) is 10.1. The molecule has 0 aliphatic heterocycles. The number of nitrogens with one attached hydrogen (secondary N) is 1. The van der Waals surface area contributed by atoms with Crippen molar-refractivity contribution >= 4 is 0 Å². The zero-order chi connectivity index (χ0) is 17.6. The van der Waals surface area contributed by atoms with Crippen molar-refractivity contribution in [3.05, 3.63) is 25.3 Å². The molecule has 0 saturated carbocycles. The zero-order valence-corrected chi connectivity index (χ0v) is 16.4. The van der Waals surface area contributed by atoms with E-state index in [0.717, 1.165) is 0 Å². The van der Waals surface area contributed by atoms with Gasteiger partial charge in [-0.15, -0.1) is 19.7 Å². The van der Waals surface area contributed by atoms with E-state index in [9.17, 15) is 0 Å². The molecule has 0 radical (unpaired) electrons. The third-order valence-electron chi connectivity index (χ3n) is 4.13. The maximum Gasteiger partial charge on any atom is -0.00489 e. The second kappa shape index (κ2) is 23.7. The maximum atomic E-state index is 3.96. The molecule has 1 N–H and O–H groups in total. The van der Waals surface area contributed by atoms with E-state index in [1.165, 1.54) is 109 Å². The van der Waals surface area contributed by atoms with Crippen LogP contribution in [-0.4, -0.2) is 13.1 Å². The Kier molecular flexibility index (Phi) is 25.4. The number of hydrogen-bond acceptors (Lipinski definition) is 1. The maximum absolute atomic E-state index is 3.96. The van der Waals surface area contributed by atoms with E-state index < -0.39 is 0 Å². The highest BCUT2D eigenvalue weighted by Gasteiger charge is 1.94. The Balaban J connectivity index is 0. The van der Waals surface area contributed by atoms with Gasteiger partial charge in [0.2, 0.25) is 0 Å². The highest BCUT2D eigenvalue weighted by Crippen LogP contribution is 2.13. The van der Waals surface area contributed by atoms with E-state index in [1.54, 1.807) is 0 Å². The topological polar surface area (TPSA) is 12.0 Å². The van der Waals surface area contributed by atoms with Gasteiger partial charge in [-0.3, -0.25) is 0 Å². The quantitative estimate of drug-likeness (QED) is 0.217. The van der Waals surface area contributed by atoms with E-state index in [2.05, 4.69) is 38.9 Å². The molecule has 0 heterocycles. The average molecular weight is 324 g/mol. The molecule has 0 aliphatic rings. The van der Waals surface area contributed by atoms with Crippen LogP contribution in [0.15, 0.2) is 25.3 Å². The molecule has 0 aromatic rings. The van der Waals surface area contributed by atoms with E-state index in [4.69, 9.17) is 0 Å². The van der Waals surface area contributed by atoms with Crippen LogP contribution in [0.2, 0.25) is 0 Å². The number of rotatable bonds is 17. The van der Waals surface area contributed by atoms with Gasteiger partial charge in [-0.1, -0.05) is 76.7 Å². The smallest absolute Gasteiger partial charge is 0.00489 e. The first-order valence-electron chi connectivity index (χ1n) is 10.1. The number of unbranched alkanes of at least 4 members (excludes halogenated alkanes) is 11. The summed E-state index contributed by atoms with van der Waals surface area (Å²) >= 11 is 0. The van der Waals surface area contributed by atoms with Gasteiger partial charge in [-0.2, -0.15) is 0 Å². The Morgan fingerprint density at radius 2 is 1.04 bits per heavy atom. The van der Waals surface area contributed by atoms with Crippen LogP contribution in [0.4, 0.5) is 0 Å². The summed E-state index contributed by atoms with van der Waals surface area (Å²) in [6.45, 7) is 16.7. The minimum Gasteiger partial charge on any atom is -0.317 e. The van der Waals surface area contributed by atoms with E-state index in [0.29, 0.717) is 0 Å². The Morgan fingerprint density at radius 1 is 0.652 bits per heavy atom. The molecule has 0 bridgehead atoms. The van der Waals surface area contributed by atoms with Crippen molar-refractivity contribution < 1.29 is 0 Å². The van der Waals surface area contributed by atoms with Crippen LogP contribution in [0.5, 0.6) is 0 Å². The summed E-state index contributed by atoms with van der Waals surface area (Å²) in [5.41, 5.74) is 1.34. The third kappa shape index (κ3) is 26.6. The second-order valence-corrected chi connectivity index (χ2v) is 6.70. The van der Waals surface area contributed by atoms with Crippen LogP contribution in [-0.2, 0) is 0 Å². The van der Waals surface area contributed by atoms with Crippen molar-refractivity contribution in [1.82, 2.24) is 5.32 Å². The molecule has 0 aromatic carbocycles. The Morgan fingerprint density at radius 3 is 1.43 bits per heavy atom. The van der Waals surface area contributed by atoms with E-state index in [1.807, 2.05) is 0 Å². The SMILES string of the molecule is C=C.C=C(C)CCCCCCCCCCCCCCNCCC. The van der Waals surface area contributed by atoms with Crippen molar-refractivity contribution in [2.45, 2.75) is 104 Å². The molecule has 0 amide bonds. The lowest BCUT2D eigenvalue weighted by Crippen LogP contribution is -2.15. The minimum absolute atomic E-state index is 1.19. The van der Waals surface area contributed by atoms with Crippen molar-refractivity contribution in [3.8, 4) is 0 Å². The van der Waals surface area contributed by atoms with Gasteiger partial charge in [0.15, 0.2) is 0 Å². The monoisotopic (exact) mass is 323 g/mol. The molecule has 0 aliphatic carbocycles. The molecular weight excluding hydrogens is 278 g/mol. The normalized spacial score (nSPS) is 10.2. The van der Waals surface area contributed by atoms with Gasteiger partial charge in [0.05, 0.1) is 0 Å². The van der Waals surface area contributed by atoms with E-state index in [-0.39, 0.29) is 0 Å². The van der Waals surface area contributed by atoms with Gasteiger partial charge in [0, 0.05) is 0 Å². The van der Waals surface area contributed by atoms with Gasteiger partial charge in [0.25, 0.3) is 0 Å². The second-order valence-electron chi connectivity index (χ2n) is 6.70. The third-order valence-corrected chi connectivity index (χ3v) is 4.13. The fourth-order valence-corrected chi connectivity index (χ4v) is 2.75. The molecule has 0 atom stereocenters. The molecule has 1 nitrogen and oxygen atoms in total. The summed E-state index contributed by atoms with van der Waals surface area (Å²) in [6.07, 6.45) is 19.6. The van der Waals surface area contributed by atoms with Gasteiger partial charge in [-0.25, -0.2) is 0 Å². The highest BCUT2D eigenvalue weighted by molar-refractivity contribution is 4.86. The molecule has 138 valence electrons. The number of hydrogen-bond donors (Lipinski definition) is 1. The summed E-state index contributed by atoms with van der Waals surface area (Å²) in [7, 11) is 0. The standard InChI is InChI=1S/C20H41N.C2H4/c1-4-18-21-19-16-14-12-10-8-6-5-7-9-11-13-15-17-20(2)3;1-2/h21H,2,4-19H2,1,3H3;1-2H2. The highest BCUT2D eigenvalue weighted by atomic mass is 14.8. The first kappa shape index (κ1) is 24.7. The zero-order valence-electron chi connectivity index (χ0n) is 16.4. The summed E-state index contributed by atoms with van der Waals surface area (Å²) in [6, 6.07) is 0. The Hall–Kier alpha value is -0.560. The Bertz CT molecular complexity index is 222. The lowest BCUT2D eigenvalue weighted by Gasteiger charge is -2.04. The molecule has 0 unspecified atom stereocenters. The van der Waals surface area contributed by atoms with Crippen LogP contribution < -0.4 is 5.32 Å². The largest absolute Gasteiger partial charge is 0.317 e. The van der Waals surface area contributed by atoms with Crippen LogP contribution >= 0.6 is 0 Å². The Labute approximate surface area is 148 Å². The van der Waals surface area contributed by atoms with Gasteiger partial charge < -0.3 is 5.32 Å². The van der Waals surface area contributed by atoms with E-state index >= 15 is 0 Å². The first-order chi connectivity index (χ1) is 11.3. The van der Waals surface area contributed by atoms with Crippen molar-refractivity contribution in [2.75, 3.05) is 13.1 Å².